The molecular weight excluding hydrogens is 188 g/mol. The number of hydrogen-bond donors (Lipinski definition) is 1. The minimum Gasteiger partial charge on any atom is -0.251 e. The second-order valence-corrected chi connectivity index (χ2v) is 2.10. The molecule has 0 atom stereocenters. The van der Waals surface area contributed by atoms with Gasteiger partial charge in [0, 0.05) is 41.3 Å². The Morgan fingerprint density at radius 3 is 2.60 bits per heavy atom. The van der Waals surface area contributed by atoms with E-state index >= 15 is 0 Å². The van der Waals surface area contributed by atoms with Crippen molar-refractivity contribution in [3.63, 3.8) is 0 Å². The monoisotopic (exact) mass is 190 g/mol. The van der Waals surface area contributed by atoms with Crippen LogP contribution in [0.3, 0.4) is 0 Å². The zero-order valence-corrected chi connectivity index (χ0v) is 8.71. The van der Waals surface area contributed by atoms with Gasteiger partial charge in [-0.2, -0.15) is 4.53 Å². The van der Waals surface area contributed by atoms with Gasteiger partial charge in [-0.15, -0.1) is 5.10 Å². The summed E-state index contributed by atoms with van der Waals surface area (Å²) in [4.78, 5) is 0. The van der Waals surface area contributed by atoms with Gasteiger partial charge in [0.2, 0.25) is 0 Å². The Balaban J connectivity index is 0.000000810. The van der Waals surface area contributed by atoms with Crippen LogP contribution in [-0.2, 0) is 0 Å². The molecule has 0 saturated heterocycles. The van der Waals surface area contributed by atoms with E-state index in [1.165, 1.54) is 12.4 Å². The Kier molecular flexibility index (Phi) is 4.68. The molecule has 10 heavy (non-hydrogen) atoms. The van der Waals surface area contributed by atoms with Crippen molar-refractivity contribution in [2.45, 2.75) is 0 Å². The van der Waals surface area contributed by atoms with Crippen LogP contribution in [0.2, 0.25) is 0 Å². The molecule has 0 aliphatic carbocycles. The van der Waals surface area contributed by atoms with E-state index in [0.29, 0.717) is 10.3 Å². The van der Waals surface area contributed by atoms with E-state index in [1.807, 2.05) is 0 Å². The van der Waals surface area contributed by atoms with E-state index in [9.17, 15) is 0 Å². The van der Waals surface area contributed by atoms with Crippen molar-refractivity contribution >= 4 is 59.1 Å². The molecule has 0 aromatic rings. The summed E-state index contributed by atoms with van der Waals surface area (Å²) in [6.07, 6.45) is 2.57. The topological polar surface area (TPSA) is 39.1 Å². The molecule has 1 aliphatic rings. The molecule has 0 unspecified atom stereocenters. The van der Waals surface area contributed by atoms with Crippen molar-refractivity contribution in [3.05, 3.63) is 11.2 Å². The quantitative estimate of drug-likeness (QED) is 0.453. The normalized spacial score (nSPS) is 16.5. The minimum atomic E-state index is 0. The van der Waals surface area contributed by atoms with Crippen LogP contribution < -0.4 is 0 Å². The van der Waals surface area contributed by atoms with Gasteiger partial charge < -0.3 is 0 Å². The van der Waals surface area contributed by atoms with Gasteiger partial charge in [-0.3, -0.25) is 5.21 Å². The molecule has 1 rings (SSSR count). The van der Waals surface area contributed by atoms with Crippen LogP contribution in [0.25, 0.3) is 0 Å². The number of hydrogen-bond acceptors (Lipinski definition) is 4. The zero-order valence-electron chi connectivity index (χ0n) is 5.20. The van der Waals surface area contributed by atoms with Crippen molar-refractivity contribution in [1.82, 2.24) is 9.81 Å². The van der Waals surface area contributed by atoms with Crippen molar-refractivity contribution in [2.75, 3.05) is 0 Å². The standard InChI is InChI=1S/C3H3Cl2N3O.Na/c4-3-1-6-8(9)7(5)2-3;/h1-2,9H;. The summed E-state index contributed by atoms with van der Waals surface area (Å²) >= 11 is 10.7. The number of nitrogens with zero attached hydrogens (tertiary/aromatic N) is 3. The van der Waals surface area contributed by atoms with Gasteiger partial charge in [0.25, 0.3) is 0 Å². The number of hydrazone groups is 1. The molecule has 0 saturated carbocycles. The SMILES string of the molecule is ON1N=CC(Cl)=CN1Cl.[Na]. The first-order chi connectivity index (χ1) is 4.20. The first-order valence-corrected chi connectivity index (χ1v) is 2.77. The second kappa shape index (κ2) is 4.43. The molecular formula is C3H3Cl2N3NaO. The summed E-state index contributed by atoms with van der Waals surface area (Å²) in [5.41, 5.74) is 0. The summed E-state index contributed by atoms with van der Waals surface area (Å²) in [5, 5.41) is 12.8. The Labute approximate surface area is 90.0 Å². The second-order valence-electron chi connectivity index (χ2n) is 1.32. The third-order valence-electron chi connectivity index (χ3n) is 0.685. The molecule has 51 valence electrons. The van der Waals surface area contributed by atoms with Gasteiger partial charge >= 0.3 is 0 Å². The maximum absolute atomic E-state index is 8.62. The van der Waals surface area contributed by atoms with Crippen LogP contribution >= 0.6 is 23.4 Å². The molecule has 0 amide bonds. The summed E-state index contributed by atoms with van der Waals surface area (Å²) in [6.45, 7) is 0. The van der Waals surface area contributed by atoms with Crippen molar-refractivity contribution < 1.29 is 5.21 Å². The van der Waals surface area contributed by atoms with Crippen molar-refractivity contribution in [2.24, 2.45) is 5.10 Å². The summed E-state index contributed by atoms with van der Waals surface area (Å²) < 4.78 is 0.822. The van der Waals surface area contributed by atoms with Gasteiger partial charge in [-0.05, 0) is 0 Å². The van der Waals surface area contributed by atoms with Crippen LogP contribution in [0, 0.1) is 0 Å². The Morgan fingerprint density at radius 1 is 1.60 bits per heavy atom. The van der Waals surface area contributed by atoms with E-state index in [0.717, 1.165) is 4.53 Å². The van der Waals surface area contributed by atoms with E-state index < -0.39 is 0 Å². The first kappa shape index (κ1) is 10.6. The largest absolute Gasteiger partial charge is 0.251 e. The van der Waals surface area contributed by atoms with Crippen LogP contribution in [-0.4, -0.2) is 50.8 Å². The molecule has 7 heteroatoms. The number of rotatable bonds is 0. The molecule has 1 heterocycles. The van der Waals surface area contributed by atoms with Gasteiger partial charge in [0.15, 0.2) is 0 Å². The van der Waals surface area contributed by atoms with Crippen LogP contribution in [0.1, 0.15) is 0 Å². The molecule has 1 aliphatic heterocycles. The zero-order chi connectivity index (χ0) is 6.85. The summed E-state index contributed by atoms with van der Waals surface area (Å²) in [6, 6.07) is 0. The minimum absolute atomic E-state index is 0. The Morgan fingerprint density at radius 2 is 2.20 bits per heavy atom. The smallest absolute Gasteiger partial charge is 0.0803 e. The maximum Gasteiger partial charge on any atom is 0.0803 e. The molecule has 0 bridgehead atoms. The molecule has 4 nitrogen and oxygen atoms in total. The van der Waals surface area contributed by atoms with E-state index in [2.05, 4.69) is 5.10 Å². The van der Waals surface area contributed by atoms with Gasteiger partial charge in [-0.1, -0.05) is 16.9 Å². The number of halogens is 2. The van der Waals surface area contributed by atoms with Gasteiger partial charge in [0.05, 0.1) is 17.4 Å². The predicted molar refractivity (Wildman–Crippen MR) is 39.5 cm³/mol. The molecule has 0 aromatic heterocycles. The average molecular weight is 191 g/mol. The van der Waals surface area contributed by atoms with Crippen LogP contribution in [0.5, 0.6) is 0 Å². The van der Waals surface area contributed by atoms with Crippen molar-refractivity contribution in [3.8, 4) is 0 Å². The first-order valence-electron chi connectivity index (χ1n) is 2.05. The molecule has 0 aromatic carbocycles. The summed E-state index contributed by atoms with van der Waals surface area (Å²) in [7, 11) is 0. The molecule has 0 spiro atoms. The van der Waals surface area contributed by atoms with Crippen LogP contribution in [0.15, 0.2) is 16.3 Å². The van der Waals surface area contributed by atoms with E-state index in [1.54, 1.807) is 0 Å². The maximum atomic E-state index is 8.62. The number of allylic oxidation sites excluding steroid dienone is 1. The summed E-state index contributed by atoms with van der Waals surface area (Å²) in [5.74, 6) is 0. The van der Waals surface area contributed by atoms with Gasteiger partial charge in [0.1, 0.15) is 0 Å². The average Bonchev–Trinajstić information content (AvgIpc) is 1.80. The molecule has 0 fully saturated rings. The van der Waals surface area contributed by atoms with Crippen molar-refractivity contribution in [1.29, 1.82) is 0 Å². The predicted octanol–water partition coefficient (Wildman–Crippen LogP) is 0.747. The van der Waals surface area contributed by atoms with E-state index in [4.69, 9.17) is 28.6 Å². The Hall–Kier alpha value is 0.550. The van der Waals surface area contributed by atoms with E-state index in [-0.39, 0.29) is 29.6 Å². The fraction of sp³-hybridized carbons (Fsp3) is 0. The number of hydrazine groups is 1. The van der Waals surface area contributed by atoms with Gasteiger partial charge in [-0.25, -0.2) is 0 Å². The molecule has 1 N–H and O–H groups in total. The Bertz CT molecular complexity index is 173. The van der Waals surface area contributed by atoms with Crippen LogP contribution in [0.4, 0.5) is 0 Å². The third-order valence-corrected chi connectivity index (χ3v) is 1.11. The third kappa shape index (κ3) is 2.65. The molecule has 1 radical (unpaired) electrons. The fourth-order valence-electron chi connectivity index (χ4n) is 0.343. The fourth-order valence-corrected chi connectivity index (χ4v) is 0.673.